The van der Waals surface area contributed by atoms with Crippen LogP contribution in [0.5, 0.6) is 0 Å². The minimum Gasteiger partial charge on any atom is -0.354 e. The van der Waals surface area contributed by atoms with Crippen LogP contribution in [0.1, 0.15) is 24.0 Å². The molecular formula is C13H14BrN5S. The number of anilines is 1. The molecule has 0 aliphatic rings. The average molecular weight is 352 g/mol. The van der Waals surface area contributed by atoms with Gasteiger partial charge in [0.1, 0.15) is 10.7 Å². The molecule has 104 valence electrons. The van der Waals surface area contributed by atoms with Crippen molar-refractivity contribution in [2.75, 3.05) is 5.32 Å². The largest absolute Gasteiger partial charge is 0.354 e. The number of nitrogens with zero attached hydrogens (tertiary/aromatic N) is 4. The van der Waals surface area contributed by atoms with Crippen LogP contribution in [0.4, 0.5) is 5.13 Å². The minimum absolute atomic E-state index is 0.653. The van der Waals surface area contributed by atoms with E-state index in [0.717, 1.165) is 38.8 Å². The molecule has 0 amide bonds. The van der Waals surface area contributed by atoms with Gasteiger partial charge in [0.25, 0.3) is 0 Å². The molecule has 5 nitrogen and oxygen atoms in total. The molecule has 0 fully saturated rings. The SMILES string of the molecule is CCCc1nnc(NCc2cn3cc(Br)ccc3n2)s1. The van der Waals surface area contributed by atoms with Crippen LogP contribution in [0.2, 0.25) is 0 Å². The number of aromatic nitrogens is 4. The van der Waals surface area contributed by atoms with Gasteiger partial charge in [0.15, 0.2) is 0 Å². The molecule has 0 spiro atoms. The maximum Gasteiger partial charge on any atom is 0.205 e. The number of aryl methyl sites for hydroxylation is 1. The highest BCUT2D eigenvalue weighted by molar-refractivity contribution is 9.10. The number of nitrogens with one attached hydrogen (secondary N) is 1. The third-order valence-electron chi connectivity index (χ3n) is 2.82. The molecule has 0 aliphatic carbocycles. The Hall–Kier alpha value is -1.47. The lowest BCUT2D eigenvalue weighted by Gasteiger charge is -1.96. The van der Waals surface area contributed by atoms with Gasteiger partial charge in [0.2, 0.25) is 5.13 Å². The summed E-state index contributed by atoms with van der Waals surface area (Å²) in [6.45, 7) is 2.79. The van der Waals surface area contributed by atoms with E-state index in [1.54, 1.807) is 11.3 Å². The van der Waals surface area contributed by atoms with Crippen LogP contribution in [0.15, 0.2) is 29.0 Å². The summed E-state index contributed by atoms with van der Waals surface area (Å²) in [6, 6.07) is 3.97. The second kappa shape index (κ2) is 5.88. The Kier molecular flexibility index (Phi) is 3.98. The molecule has 1 N–H and O–H groups in total. The minimum atomic E-state index is 0.653. The Bertz CT molecular complexity index is 720. The Balaban J connectivity index is 1.69. The zero-order valence-electron chi connectivity index (χ0n) is 11.0. The van der Waals surface area contributed by atoms with E-state index < -0.39 is 0 Å². The second-order valence-electron chi connectivity index (χ2n) is 4.45. The summed E-state index contributed by atoms with van der Waals surface area (Å²) in [5.74, 6) is 0. The normalized spacial score (nSPS) is 11.1. The molecule has 0 aliphatic heterocycles. The monoisotopic (exact) mass is 351 g/mol. The Morgan fingerprint density at radius 3 is 3.05 bits per heavy atom. The molecule has 0 radical (unpaired) electrons. The molecule has 3 heterocycles. The van der Waals surface area contributed by atoms with Crippen LogP contribution in [-0.2, 0) is 13.0 Å². The van der Waals surface area contributed by atoms with Gasteiger partial charge in [-0.25, -0.2) is 4.98 Å². The third kappa shape index (κ3) is 2.99. The molecule has 0 aromatic carbocycles. The predicted octanol–water partition coefficient (Wildman–Crippen LogP) is 3.51. The van der Waals surface area contributed by atoms with Gasteiger partial charge in [-0.3, -0.25) is 0 Å². The van der Waals surface area contributed by atoms with Crippen LogP contribution < -0.4 is 5.32 Å². The fourth-order valence-corrected chi connectivity index (χ4v) is 3.10. The van der Waals surface area contributed by atoms with E-state index in [1.807, 2.05) is 28.9 Å². The lowest BCUT2D eigenvalue weighted by atomic mass is 10.4. The average Bonchev–Trinajstić information content (AvgIpc) is 3.02. The molecule has 0 saturated carbocycles. The summed E-state index contributed by atoms with van der Waals surface area (Å²) >= 11 is 5.06. The smallest absolute Gasteiger partial charge is 0.205 e. The number of imidazole rings is 1. The lowest BCUT2D eigenvalue weighted by Crippen LogP contribution is -1.98. The van der Waals surface area contributed by atoms with Crippen LogP contribution in [0, 0.1) is 0 Å². The van der Waals surface area contributed by atoms with E-state index in [9.17, 15) is 0 Å². The molecule has 3 aromatic heterocycles. The van der Waals surface area contributed by atoms with Gasteiger partial charge in [-0.05, 0) is 34.5 Å². The maximum atomic E-state index is 4.55. The summed E-state index contributed by atoms with van der Waals surface area (Å²) in [7, 11) is 0. The zero-order valence-corrected chi connectivity index (χ0v) is 13.4. The fourth-order valence-electron chi connectivity index (χ4n) is 1.91. The van der Waals surface area contributed by atoms with Crippen LogP contribution >= 0.6 is 27.3 Å². The highest BCUT2D eigenvalue weighted by Crippen LogP contribution is 2.18. The van der Waals surface area contributed by atoms with Crippen molar-refractivity contribution < 1.29 is 0 Å². The summed E-state index contributed by atoms with van der Waals surface area (Å²) in [4.78, 5) is 4.55. The van der Waals surface area contributed by atoms with Gasteiger partial charge in [-0.2, -0.15) is 0 Å². The number of hydrogen-bond donors (Lipinski definition) is 1. The number of pyridine rings is 1. The molecule has 0 unspecified atom stereocenters. The van der Waals surface area contributed by atoms with Crippen molar-refractivity contribution in [2.45, 2.75) is 26.3 Å². The Morgan fingerprint density at radius 2 is 2.20 bits per heavy atom. The first kappa shape index (κ1) is 13.5. The van der Waals surface area contributed by atoms with Crippen molar-refractivity contribution >= 4 is 38.0 Å². The number of halogens is 1. The van der Waals surface area contributed by atoms with E-state index in [0.29, 0.717) is 6.54 Å². The number of rotatable bonds is 5. The van der Waals surface area contributed by atoms with Crippen molar-refractivity contribution in [1.29, 1.82) is 0 Å². The van der Waals surface area contributed by atoms with E-state index >= 15 is 0 Å². The number of hydrogen-bond acceptors (Lipinski definition) is 5. The van der Waals surface area contributed by atoms with Crippen molar-refractivity contribution in [3.63, 3.8) is 0 Å². The summed E-state index contributed by atoms with van der Waals surface area (Å²) in [6.07, 6.45) is 6.09. The highest BCUT2D eigenvalue weighted by Gasteiger charge is 2.05. The van der Waals surface area contributed by atoms with E-state index in [1.165, 1.54) is 0 Å². The zero-order chi connectivity index (χ0) is 13.9. The molecule has 0 atom stereocenters. The first-order valence-corrected chi connectivity index (χ1v) is 8.05. The van der Waals surface area contributed by atoms with Crippen LogP contribution in [0.3, 0.4) is 0 Å². The molecule has 3 rings (SSSR count). The van der Waals surface area contributed by atoms with Gasteiger partial charge < -0.3 is 9.72 Å². The molecular weight excluding hydrogens is 338 g/mol. The maximum absolute atomic E-state index is 4.55. The molecule has 0 saturated heterocycles. The molecule has 0 bridgehead atoms. The Morgan fingerprint density at radius 1 is 1.30 bits per heavy atom. The lowest BCUT2D eigenvalue weighted by molar-refractivity contribution is 0.877. The first-order valence-electron chi connectivity index (χ1n) is 6.44. The second-order valence-corrected chi connectivity index (χ2v) is 6.43. The van der Waals surface area contributed by atoms with Crippen LogP contribution in [-0.4, -0.2) is 19.6 Å². The van der Waals surface area contributed by atoms with Gasteiger partial charge >= 0.3 is 0 Å². The van der Waals surface area contributed by atoms with E-state index in [2.05, 4.69) is 43.4 Å². The molecule has 3 aromatic rings. The van der Waals surface area contributed by atoms with Crippen molar-refractivity contribution in [3.05, 3.63) is 39.7 Å². The van der Waals surface area contributed by atoms with Gasteiger partial charge in [-0.1, -0.05) is 18.3 Å². The summed E-state index contributed by atoms with van der Waals surface area (Å²) < 4.78 is 3.04. The molecule has 7 heteroatoms. The summed E-state index contributed by atoms with van der Waals surface area (Å²) in [5.41, 5.74) is 1.92. The predicted molar refractivity (Wildman–Crippen MR) is 84.1 cm³/mol. The molecule has 20 heavy (non-hydrogen) atoms. The third-order valence-corrected chi connectivity index (χ3v) is 4.23. The number of fused-ring (bicyclic) bond motifs is 1. The van der Waals surface area contributed by atoms with E-state index in [-0.39, 0.29) is 0 Å². The first-order chi connectivity index (χ1) is 9.74. The van der Waals surface area contributed by atoms with Crippen molar-refractivity contribution in [2.24, 2.45) is 0 Å². The fraction of sp³-hybridized carbons (Fsp3) is 0.308. The van der Waals surface area contributed by atoms with Gasteiger partial charge in [0.05, 0.1) is 12.2 Å². The summed E-state index contributed by atoms with van der Waals surface area (Å²) in [5, 5.41) is 13.5. The van der Waals surface area contributed by atoms with Gasteiger partial charge in [0, 0.05) is 23.3 Å². The van der Waals surface area contributed by atoms with Crippen LogP contribution in [0.25, 0.3) is 5.65 Å². The topological polar surface area (TPSA) is 55.1 Å². The van der Waals surface area contributed by atoms with Crippen molar-refractivity contribution in [3.8, 4) is 0 Å². The van der Waals surface area contributed by atoms with Crippen molar-refractivity contribution in [1.82, 2.24) is 19.6 Å². The van der Waals surface area contributed by atoms with E-state index in [4.69, 9.17) is 0 Å². The highest BCUT2D eigenvalue weighted by atomic mass is 79.9. The Labute approximate surface area is 129 Å². The quantitative estimate of drug-likeness (QED) is 0.764. The van der Waals surface area contributed by atoms with Gasteiger partial charge in [-0.15, -0.1) is 10.2 Å². The standard InChI is InChI=1S/C13H14BrN5S/c1-2-3-12-17-18-13(20-12)15-6-10-8-19-7-9(14)4-5-11(19)16-10/h4-5,7-8H,2-3,6H2,1H3,(H,15,18).